The van der Waals surface area contributed by atoms with E-state index >= 15 is 0 Å². The van der Waals surface area contributed by atoms with Gasteiger partial charge >= 0.3 is 5.97 Å². The maximum atomic E-state index is 13.1. The Morgan fingerprint density at radius 2 is 0.805 bits per heavy atom. The average molecular weight is 1080 g/mol. The molecule has 0 aromatic heterocycles. The van der Waals surface area contributed by atoms with Gasteiger partial charge in [0.25, 0.3) is 0 Å². The van der Waals surface area contributed by atoms with E-state index in [0.717, 1.165) is 116 Å². The van der Waals surface area contributed by atoms with Crippen molar-refractivity contribution in [1.82, 2.24) is 0 Å². The fourth-order valence-electron chi connectivity index (χ4n) is 7.82. The van der Waals surface area contributed by atoms with Gasteiger partial charge in [0.05, 0.1) is 26.4 Å². The first-order valence-electron chi connectivity index (χ1n) is 28.4. The fourth-order valence-corrected chi connectivity index (χ4v) is 7.82. The van der Waals surface area contributed by atoms with Crippen LogP contribution in [0.1, 0.15) is 142 Å². The number of unbranched alkanes of at least 4 members (excludes halogenated alkanes) is 5. The number of hydrogen-bond acceptors (Lipinski definition) is 14. The molecule has 0 saturated carbocycles. The highest BCUT2D eigenvalue weighted by Crippen LogP contribution is 2.26. The van der Waals surface area contributed by atoms with Gasteiger partial charge in [-0.15, -0.1) is 0 Å². The lowest BCUT2D eigenvalue weighted by Gasteiger charge is -2.42. The van der Waals surface area contributed by atoms with E-state index in [-0.39, 0.29) is 19.6 Å². The zero-order valence-electron chi connectivity index (χ0n) is 46.4. The Hall–Kier alpha value is -4.13. The minimum absolute atomic E-state index is 0.00593. The summed E-state index contributed by atoms with van der Waals surface area (Å²) in [6.07, 6.45) is 53.4. The van der Waals surface area contributed by atoms with Crippen LogP contribution in [0.15, 0.2) is 146 Å². The molecule has 2 aliphatic rings. The predicted octanol–water partition coefficient (Wildman–Crippen LogP) is 10.1. The molecule has 0 bridgehead atoms. The largest absolute Gasteiger partial charge is 0.457 e. The Kier molecular flexibility index (Phi) is 42.8. The molecular formula is C63H98O14. The molecule has 0 aliphatic carbocycles. The van der Waals surface area contributed by atoms with Gasteiger partial charge in [-0.25, -0.2) is 0 Å². The summed E-state index contributed by atoms with van der Waals surface area (Å²) in [4.78, 5) is 13.1. The van der Waals surface area contributed by atoms with Crippen molar-refractivity contribution >= 4 is 5.97 Å². The van der Waals surface area contributed by atoms with Crippen molar-refractivity contribution in [3.63, 3.8) is 0 Å². The van der Waals surface area contributed by atoms with Crippen molar-refractivity contribution < 1.29 is 69.0 Å². The molecule has 7 N–H and O–H groups in total. The molecule has 434 valence electrons. The Morgan fingerprint density at radius 3 is 1.23 bits per heavy atom. The molecule has 77 heavy (non-hydrogen) atoms. The lowest BCUT2D eigenvalue weighted by molar-refractivity contribution is -0.332. The third-order valence-electron chi connectivity index (χ3n) is 12.3. The first kappa shape index (κ1) is 69.0. The number of carbonyl (C=O) groups is 1. The van der Waals surface area contributed by atoms with Crippen LogP contribution >= 0.6 is 0 Å². The predicted molar refractivity (Wildman–Crippen MR) is 306 cm³/mol. The van der Waals surface area contributed by atoms with Crippen molar-refractivity contribution in [2.75, 3.05) is 33.0 Å². The molecule has 2 fully saturated rings. The number of allylic oxidation sites excluding steroid dienone is 24. The van der Waals surface area contributed by atoms with E-state index in [0.29, 0.717) is 13.0 Å². The summed E-state index contributed by atoms with van der Waals surface area (Å²) in [7, 11) is 0. The zero-order chi connectivity index (χ0) is 55.8. The molecule has 0 amide bonds. The van der Waals surface area contributed by atoms with E-state index < -0.39 is 86.7 Å². The molecule has 2 aliphatic heterocycles. The van der Waals surface area contributed by atoms with E-state index in [4.69, 9.17) is 28.4 Å². The molecule has 11 atom stereocenters. The van der Waals surface area contributed by atoms with E-state index in [1.807, 2.05) is 0 Å². The van der Waals surface area contributed by atoms with E-state index in [1.54, 1.807) is 0 Å². The van der Waals surface area contributed by atoms with Gasteiger partial charge in [-0.05, 0) is 116 Å². The zero-order valence-corrected chi connectivity index (χ0v) is 46.4. The third kappa shape index (κ3) is 34.5. The molecule has 2 heterocycles. The van der Waals surface area contributed by atoms with E-state index in [2.05, 4.69) is 160 Å². The quantitative estimate of drug-likeness (QED) is 0.0172. The van der Waals surface area contributed by atoms with E-state index in [9.17, 15) is 40.5 Å². The van der Waals surface area contributed by atoms with Crippen LogP contribution in [0.4, 0.5) is 0 Å². The molecule has 2 rings (SSSR count). The maximum Gasteiger partial charge on any atom is 0.306 e. The summed E-state index contributed by atoms with van der Waals surface area (Å²) in [6, 6.07) is 0. The van der Waals surface area contributed by atoms with Gasteiger partial charge in [0.15, 0.2) is 12.6 Å². The Morgan fingerprint density at radius 1 is 0.429 bits per heavy atom. The normalized spacial score (nSPS) is 25.4. The summed E-state index contributed by atoms with van der Waals surface area (Å²) in [5, 5.41) is 72.3. The lowest BCUT2D eigenvalue weighted by atomic mass is 9.98. The number of carbonyl (C=O) groups excluding carboxylic acids is 1. The molecule has 0 radical (unpaired) electrons. The minimum Gasteiger partial charge on any atom is -0.457 e. The highest BCUT2D eigenvalue weighted by molar-refractivity contribution is 5.69. The maximum absolute atomic E-state index is 13.1. The summed E-state index contributed by atoms with van der Waals surface area (Å²) >= 11 is 0. The molecule has 0 spiro atoms. The van der Waals surface area contributed by atoms with Gasteiger partial charge in [0, 0.05) is 13.0 Å². The van der Waals surface area contributed by atoms with Crippen molar-refractivity contribution in [3.8, 4) is 0 Å². The summed E-state index contributed by atoms with van der Waals surface area (Å²) in [5.74, 6) is -0.430. The second-order valence-electron chi connectivity index (χ2n) is 19.0. The van der Waals surface area contributed by atoms with Crippen molar-refractivity contribution in [3.05, 3.63) is 146 Å². The summed E-state index contributed by atoms with van der Waals surface area (Å²) in [5.41, 5.74) is 0. The van der Waals surface area contributed by atoms with Crippen molar-refractivity contribution in [2.45, 2.75) is 210 Å². The minimum atomic E-state index is -1.73. The topological polar surface area (TPSA) is 214 Å². The number of ether oxygens (including phenoxy) is 6. The van der Waals surface area contributed by atoms with Crippen LogP contribution in [0.3, 0.4) is 0 Å². The summed E-state index contributed by atoms with van der Waals surface area (Å²) in [6.45, 7) is 3.26. The van der Waals surface area contributed by atoms with Crippen LogP contribution in [0.5, 0.6) is 0 Å². The third-order valence-corrected chi connectivity index (χ3v) is 12.3. The number of rotatable bonds is 43. The Balaban J connectivity index is 1.78. The molecule has 0 aromatic carbocycles. The van der Waals surface area contributed by atoms with E-state index in [1.165, 1.54) is 0 Å². The van der Waals surface area contributed by atoms with Crippen LogP contribution in [-0.2, 0) is 33.2 Å². The van der Waals surface area contributed by atoms with Crippen LogP contribution in [-0.4, -0.2) is 142 Å². The number of aliphatic hydroxyl groups excluding tert-OH is 7. The smallest absolute Gasteiger partial charge is 0.306 e. The lowest BCUT2D eigenvalue weighted by Crippen LogP contribution is -2.61. The Labute approximate surface area is 461 Å². The van der Waals surface area contributed by atoms with Gasteiger partial charge in [0.2, 0.25) is 0 Å². The molecule has 14 nitrogen and oxygen atoms in total. The van der Waals surface area contributed by atoms with Crippen LogP contribution in [0.25, 0.3) is 0 Å². The highest BCUT2D eigenvalue weighted by atomic mass is 16.7. The first-order valence-corrected chi connectivity index (χ1v) is 28.4. The van der Waals surface area contributed by atoms with Gasteiger partial charge in [-0.2, -0.15) is 0 Å². The van der Waals surface area contributed by atoms with Gasteiger partial charge in [-0.1, -0.05) is 166 Å². The molecule has 0 aromatic rings. The van der Waals surface area contributed by atoms with Crippen molar-refractivity contribution in [1.29, 1.82) is 0 Å². The average Bonchev–Trinajstić information content (AvgIpc) is 3.43. The molecule has 11 unspecified atom stereocenters. The number of aliphatic hydroxyl groups is 7. The molecule has 14 heteroatoms. The highest BCUT2D eigenvalue weighted by Gasteiger charge is 2.47. The standard InChI is InChI=1S/C63H98O14/c1-3-5-7-9-11-13-15-17-19-21-23-24-25-26-27-29-31-33-35-37-39-41-43-45-47-72-49-52(75-55(65)46-44-42-40-38-36-34-32-30-28-22-20-18-16-14-12-10-8-6-4-2)50-73-62-61(71)59(69)57(67)54(77-62)51-74-63-60(70)58(68)56(66)53(48-64)76-63/h5-8,11-14,17-20,23-24,26-28,30-31,33-34,36-37,39,52-54,56-64,66-71H,3-4,9-10,15-16,21-22,25,29,32,35,38,40-51H2,1-2H3/b7-5-,8-6-,13-11-,14-12-,19-17-,20-18-,24-23-,27-26-,30-28-,33-31-,36-34-,39-37-. The number of hydrogen-bond donors (Lipinski definition) is 7. The monoisotopic (exact) mass is 1080 g/mol. The van der Waals surface area contributed by atoms with Gasteiger partial charge in [0.1, 0.15) is 54.9 Å². The van der Waals surface area contributed by atoms with Crippen LogP contribution < -0.4 is 0 Å². The molecule has 2 saturated heterocycles. The SMILES string of the molecule is CC/C=C\C/C=C\C/C=C\C/C=C\C/C=C\C/C=C\C/C=C\CCCCOCC(COC1OC(COC2OC(CO)C(O)C(O)C2O)C(O)C(O)C1O)OC(=O)CCCCC/C=C\C/C=C\C/C=C\C/C=C\C/C=C\CC. The fraction of sp³-hybridized carbons (Fsp3) is 0.603. The van der Waals surface area contributed by atoms with Crippen LogP contribution in [0.2, 0.25) is 0 Å². The van der Waals surface area contributed by atoms with Crippen LogP contribution in [0, 0.1) is 0 Å². The second-order valence-corrected chi connectivity index (χ2v) is 19.0. The molecular weight excluding hydrogens is 981 g/mol. The summed E-state index contributed by atoms with van der Waals surface area (Å²) < 4.78 is 34.3. The second kappa shape index (κ2) is 47.8. The Bertz CT molecular complexity index is 1820. The van der Waals surface area contributed by atoms with Crippen molar-refractivity contribution in [2.24, 2.45) is 0 Å². The van der Waals surface area contributed by atoms with Gasteiger partial charge in [-0.3, -0.25) is 4.79 Å². The number of esters is 1. The van der Waals surface area contributed by atoms with Gasteiger partial charge < -0.3 is 64.2 Å². The first-order chi connectivity index (χ1) is 37.6.